The maximum atomic E-state index is 4.79. The Balaban J connectivity index is 0.000000181. The van der Waals surface area contributed by atoms with Gasteiger partial charge >= 0.3 is 17.1 Å². The molecule has 291 valence electrons. The summed E-state index contributed by atoms with van der Waals surface area (Å²) in [4.78, 5) is 18.9. The monoisotopic (exact) mass is 796 g/mol. The molecule has 0 fully saturated rings. The Morgan fingerprint density at radius 1 is 0.491 bits per heavy atom. The van der Waals surface area contributed by atoms with Crippen LogP contribution in [0.25, 0.3) is 44.1 Å². The maximum Gasteiger partial charge on any atom is 2.00 e. The number of aromatic nitrogens is 3. The van der Waals surface area contributed by atoms with Gasteiger partial charge in [0.15, 0.2) is 0 Å². The van der Waals surface area contributed by atoms with Gasteiger partial charge in [-0.3, -0.25) is 4.98 Å². The molecular formula is C51H51CuN5. The van der Waals surface area contributed by atoms with Crippen LogP contribution >= 0.6 is 0 Å². The van der Waals surface area contributed by atoms with Crippen LogP contribution in [0.1, 0.15) is 101 Å². The second-order valence-electron chi connectivity index (χ2n) is 16.1. The molecule has 0 saturated heterocycles. The second-order valence-corrected chi connectivity index (χ2v) is 16.1. The molecule has 5 nitrogen and oxygen atoms in total. The van der Waals surface area contributed by atoms with Crippen LogP contribution in [0, 0.1) is 6.67 Å². The van der Waals surface area contributed by atoms with E-state index in [9.17, 15) is 0 Å². The number of hydrogen-bond acceptors (Lipinski definition) is 4. The van der Waals surface area contributed by atoms with Crippen molar-refractivity contribution in [2.75, 3.05) is 9.80 Å². The summed E-state index contributed by atoms with van der Waals surface area (Å²) in [6.07, 6.45) is 1.82. The molecule has 0 bridgehead atoms. The van der Waals surface area contributed by atoms with E-state index in [0.29, 0.717) is 29.5 Å². The minimum Gasteiger partial charge on any atom is -0.473 e. The minimum absolute atomic E-state index is 0. The van der Waals surface area contributed by atoms with E-state index < -0.39 is 0 Å². The minimum atomic E-state index is 0. The predicted molar refractivity (Wildman–Crippen MR) is 238 cm³/mol. The van der Waals surface area contributed by atoms with Crippen molar-refractivity contribution in [3.8, 4) is 11.5 Å². The van der Waals surface area contributed by atoms with Crippen molar-refractivity contribution >= 4 is 55.3 Å². The number of rotatable bonds is 7. The first-order valence-corrected chi connectivity index (χ1v) is 20.1. The van der Waals surface area contributed by atoms with Crippen molar-refractivity contribution < 1.29 is 17.1 Å². The molecule has 1 aliphatic rings. The Morgan fingerprint density at radius 2 is 0.947 bits per heavy atom. The van der Waals surface area contributed by atoms with Crippen molar-refractivity contribution in [1.82, 2.24) is 15.0 Å². The molecule has 0 aliphatic carbocycles. The molecule has 1 radical (unpaired) electrons. The molecule has 0 saturated carbocycles. The number of imidazole rings is 1. The molecule has 1 aliphatic heterocycles. The fourth-order valence-electron chi connectivity index (χ4n) is 8.15. The van der Waals surface area contributed by atoms with E-state index >= 15 is 0 Å². The number of nitrogens with zero attached hydrogens (tertiary/aromatic N) is 5. The standard InChI is InChI=1S/C31H39N2.C20H12N3.Cu/c1-20(2)24-13-11-14-25(21(3)4)30(24)32-19-33(29-18-10-9-17-28(29)32)31-26(22(5)6)15-12-16-27(31)23(7)8;1-3-7-15-13(5-1)9-10-17-18(15)23-20(22-17)19-16-8-4-2-6-14(16)11-12-21-19;/h9-23H,1-8H3;1-12H;/q2*-1;+2. The van der Waals surface area contributed by atoms with Crippen molar-refractivity contribution in [1.29, 1.82) is 0 Å². The van der Waals surface area contributed by atoms with Crippen LogP contribution < -0.4 is 14.8 Å². The average Bonchev–Trinajstić information content (AvgIpc) is 3.83. The van der Waals surface area contributed by atoms with Crippen molar-refractivity contribution in [2.24, 2.45) is 0 Å². The van der Waals surface area contributed by atoms with Gasteiger partial charge in [0.2, 0.25) is 0 Å². The van der Waals surface area contributed by atoms with Gasteiger partial charge in [0, 0.05) is 34.3 Å². The average molecular weight is 798 g/mol. The van der Waals surface area contributed by atoms with Crippen molar-refractivity contribution in [2.45, 2.75) is 79.1 Å². The maximum absolute atomic E-state index is 4.79. The number of benzene rings is 6. The summed E-state index contributed by atoms with van der Waals surface area (Å²) in [5.41, 5.74) is 13.5. The first kappa shape index (κ1) is 39.8. The molecule has 2 aromatic heterocycles. The van der Waals surface area contributed by atoms with Gasteiger partial charge in [0.05, 0.1) is 5.69 Å². The Morgan fingerprint density at radius 3 is 1.46 bits per heavy atom. The molecule has 6 aromatic carbocycles. The zero-order valence-corrected chi connectivity index (χ0v) is 35.1. The molecule has 0 N–H and O–H groups in total. The fourth-order valence-corrected chi connectivity index (χ4v) is 8.15. The second kappa shape index (κ2) is 16.6. The predicted octanol–water partition coefficient (Wildman–Crippen LogP) is 14.1. The summed E-state index contributed by atoms with van der Waals surface area (Å²) in [5.74, 6) is 2.48. The van der Waals surface area contributed by atoms with Gasteiger partial charge in [-0.05, 0) is 97.1 Å². The summed E-state index contributed by atoms with van der Waals surface area (Å²) >= 11 is 0. The quantitative estimate of drug-likeness (QED) is 0.119. The van der Waals surface area contributed by atoms with Crippen LogP contribution in [0.5, 0.6) is 0 Å². The Hall–Kier alpha value is -5.42. The van der Waals surface area contributed by atoms with Gasteiger partial charge in [-0.25, -0.2) is 0 Å². The third-order valence-electron chi connectivity index (χ3n) is 11.0. The zero-order valence-electron chi connectivity index (χ0n) is 34.1. The first-order chi connectivity index (χ1) is 27.1. The molecule has 3 heterocycles. The third-order valence-corrected chi connectivity index (χ3v) is 11.0. The number of pyridine rings is 1. The van der Waals surface area contributed by atoms with E-state index in [2.05, 4.69) is 168 Å². The summed E-state index contributed by atoms with van der Waals surface area (Å²) in [6.45, 7) is 20.7. The summed E-state index contributed by atoms with van der Waals surface area (Å²) < 4.78 is 0. The van der Waals surface area contributed by atoms with E-state index in [1.54, 1.807) is 0 Å². The van der Waals surface area contributed by atoms with Gasteiger partial charge in [-0.2, -0.15) is 0 Å². The SMILES string of the molecule is CC(C)c1cccc(C(C)C)c1N1[CH-]N(c2c(C(C)C)cccc2C(C)C)c2ccccc21.[Cu+2].c1ccc2c(-c3nc4c(ccc5ccccc54)[n-]3)nccc2c1. The number of hydrogen-bond donors (Lipinski definition) is 0. The normalized spacial score (nSPS) is 12.6. The molecule has 0 unspecified atom stereocenters. The number of anilines is 4. The fraction of sp³-hybridized carbons (Fsp3) is 0.235. The number of fused-ring (bicyclic) bond motifs is 5. The van der Waals surface area contributed by atoms with Gasteiger partial charge in [-0.1, -0.05) is 165 Å². The van der Waals surface area contributed by atoms with E-state index in [1.807, 2.05) is 42.6 Å². The Labute approximate surface area is 348 Å². The van der Waals surface area contributed by atoms with Gasteiger partial charge < -0.3 is 19.8 Å². The zero-order chi connectivity index (χ0) is 39.1. The van der Waals surface area contributed by atoms with E-state index in [1.165, 1.54) is 50.4 Å². The molecule has 0 atom stereocenters. The molecule has 57 heavy (non-hydrogen) atoms. The molecule has 0 spiro atoms. The molecule has 0 amide bonds. The number of para-hydroxylation sites is 4. The first-order valence-electron chi connectivity index (χ1n) is 20.1. The van der Waals surface area contributed by atoms with Crippen molar-refractivity contribution in [3.05, 3.63) is 163 Å². The molecule has 9 rings (SSSR count). The Kier molecular flexibility index (Phi) is 11.6. The third kappa shape index (κ3) is 7.45. The van der Waals surface area contributed by atoms with Crippen LogP contribution in [-0.2, 0) is 17.1 Å². The molecular weight excluding hydrogens is 746 g/mol. The van der Waals surface area contributed by atoms with Gasteiger partial charge in [-0.15, -0.1) is 6.67 Å². The van der Waals surface area contributed by atoms with Crippen LogP contribution in [0.15, 0.2) is 134 Å². The van der Waals surface area contributed by atoms with E-state index in [4.69, 9.17) is 9.97 Å². The van der Waals surface area contributed by atoms with E-state index in [0.717, 1.165) is 32.9 Å². The van der Waals surface area contributed by atoms with E-state index in [-0.39, 0.29) is 17.1 Å². The topological polar surface area (TPSA) is 46.4 Å². The summed E-state index contributed by atoms with van der Waals surface area (Å²) in [6, 6.07) is 45.1. The van der Waals surface area contributed by atoms with Gasteiger partial charge in [0.25, 0.3) is 0 Å². The van der Waals surface area contributed by atoms with Crippen LogP contribution in [-0.4, -0.2) is 9.97 Å². The van der Waals surface area contributed by atoms with Crippen LogP contribution in [0.2, 0.25) is 0 Å². The van der Waals surface area contributed by atoms with Crippen LogP contribution in [0.3, 0.4) is 0 Å². The van der Waals surface area contributed by atoms with Crippen LogP contribution in [0.4, 0.5) is 22.7 Å². The summed E-state index contributed by atoms with van der Waals surface area (Å²) in [7, 11) is 0. The molecule has 6 heteroatoms. The summed E-state index contributed by atoms with van der Waals surface area (Å²) in [5, 5.41) is 4.53. The van der Waals surface area contributed by atoms with Gasteiger partial charge in [0.1, 0.15) is 0 Å². The Bertz CT molecular complexity index is 2530. The smallest absolute Gasteiger partial charge is 0.473 e. The van der Waals surface area contributed by atoms with Crippen molar-refractivity contribution in [3.63, 3.8) is 0 Å². The molecule has 8 aromatic rings. The largest absolute Gasteiger partial charge is 2.00 e.